The maximum atomic E-state index is 14.9. The van der Waals surface area contributed by atoms with Gasteiger partial charge in [-0.15, -0.1) is 0 Å². The van der Waals surface area contributed by atoms with Gasteiger partial charge >= 0.3 is 0 Å². The van der Waals surface area contributed by atoms with Crippen LogP contribution in [0.4, 0.5) is 10.2 Å². The van der Waals surface area contributed by atoms with Gasteiger partial charge in [-0.25, -0.2) is 9.37 Å². The largest absolute Gasteiger partial charge is 0.368 e. The lowest BCUT2D eigenvalue weighted by molar-refractivity contribution is -0.113. The second-order valence-corrected chi connectivity index (χ2v) is 8.74. The predicted octanol–water partition coefficient (Wildman–Crippen LogP) is 4.33. The van der Waals surface area contributed by atoms with Gasteiger partial charge in [0.05, 0.1) is 17.8 Å². The van der Waals surface area contributed by atoms with E-state index in [4.69, 9.17) is 5.73 Å². The van der Waals surface area contributed by atoms with Gasteiger partial charge in [0.25, 0.3) is 0 Å². The van der Waals surface area contributed by atoms with E-state index in [0.717, 1.165) is 6.42 Å². The summed E-state index contributed by atoms with van der Waals surface area (Å²) < 4.78 is 14.9. The number of halogens is 1. The standard InChI is InChI=1S/C21H29FN4O2.C2H6.CH4/c1-12(2)26-10-16(13(3)27)19(28)15-8-17(22)20(24-18(15)11-26)25-7-6-14(9-25)21(4,5)23;1-2;/h8,10,12,14H,6-7,9,11,23H2,1-5H3;1-2H3;1H4. The molecule has 1 saturated heterocycles. The highest BCUT2D eigenvalue weighted by Crippen LogP contribution is 2.32. The molecule has 1 fully saturated rings. The average molecular weight is 435 g/mol. The Morgan fingerprint density at radius 3 is 2.42 bits per heavy atom. The first-order valence-electron chi connectivity index (χ1n) is 10.8. The van der Waals surface area contributed by atoms with Gasteiger partial charge in [0.15, 0.2) is 23.2 Å². The number of pyridine rings is 1. The zero-order chi connectivity index (χ0) is 22.8. The number of fused-ring (bicyclic) bond motifs is 1. The van der Waals surface area contributed by atoms with Gasteiger partial charge in [-0.1, -0.05) is 21.3 Å². The van der Waals surface area contributed by atoms with E-state index in [1.54, 1.807) is 6.20 Å². The van der Waals surface area contributed by atoms with Crippen LogP contribution in [0.3, 0.4) is 0 Å². The van der Waals surface area contributed by atoms with Crippen molar-refractivity contribution in [1.82, 2.24) is 9.88 Å². The highest BCUT2D eigenvalue weighted by Gasteiger charge is 2.35. The average Bonchev–Trinajstić information content (AvgIpc) is 3.11. The number of nitrogens with zero attached hydrogens (tertiary/aromatic N) is 3. The molecule has 1 atom stereocenters. The lowest BCUT2D eigenvalue weighted by Gasteiger charge is -2.28. The van der Waals surface area contributed by atoms with Gasteiger partial charge in [-0.2, -0.15) is 0 Å². The molecule has 0 saturated carbocycles. The number of Topliss-reactive ketones (excluding diaryl/α,β-unsaturated/α-hetero) is 2. The minimum Gasteiger partial charge on any atom is -0.368 e. The van der Waals surface area contributed by atoms with E-state index in [9.17, 15) is 14.0 Å². The van der Waals surface area contributed by atoms with Crippen molar-refractivity contribution in [2.24, 2.45) is 11.7 Å². The number of carbonyl (C=O) groups is 2. The van der Waals surface area contributed by atoms with Gasteiger partial charge in [0.2, 0.25) is 0 Å². The topological polar surface area (TPSA) is 79.5 Å². The van der Waals surface area contributed by atoms with Crippen molar-refractivity contribution in [3.05, 3.63) is 34.9 Å². The summed E-state index contributed by atoms with van der Waals surface area (Å²) in [5.41, 5.74) is 6.62. The Balaban J connectivity index is 0.00000156. The summed E-state index contributed by atoms with van der Waals surface area (Å²) in [6.45, 7) is 14.9. The first-order valence-corrected chi connectivity index (χ1v) is 10.8. The normalized spacial score (nSPS) is 18.6. The number of hydrogen-bond donors (Lipinski definition) is 1. The number of allylic oxidation sites excluding steroid dienone is 1. The third kappa shape index (κ3) is 5.70. The number of anilines is 1. The molecule has 0 radical (unpaired) electrons. The van der Waals surface area contributed by atoms with Crippen LogP contribution < -0.4 is 10.6 Å². The Morgan fingerprint density at radius 1 is 1.32 bits per heavy atom. The van der Waals surface area contributed by atoms with Crippen LogP contribution in [0.5, 0.6) is 0 Å². The predicted molar refractivity (Wildman–Crippen MR) is 125 cm³/mol. The van der Waals surface area contributed by atoms with E-state index in [-0.39, 0.29) is 47.7 Å². The molecule has 6 nitrogen and oxygen atoms in total. The van der Waals surface area contributed by atoms with E-state index in [2.05, 4.69) is 4.98 Å². The van der Waals surface area contributed by atoms with E-state index >= 15 is 0 Å². The zero-order valence-corrected chi connectivity index (χ0v) is 19.3. The monoisotopic (exact) mass is 434 g/mol. The van der Waals surface area contributed by atoms with Gasteiger partial charge in [0, 0.05) is 36.4 Å². The summed E-state index contributed by atoms with van der Waals surface area (Å²) in [5, 5.41) is 0. The van der Waals surface area contributed by atoms with Crippen molar-refractivity contribution in [1.29, 1.82) is 0 Å². The van der Waals surface area contributed by atoms with Gasteiger partial charge in [-0.05, 0) is 53.0 Å². The van der Waals surface area contributed by atoms with Gasteiger partial charge < -0.3 is 15.5 Å². The third-order valence-corrected chi connectivity index (χ3v) is 5.74. The molecule has 2 aliphatic heterocycles. The molecule has 2 aliphatic rings. The van der Waals surface area contributed by atoms with E-state index < -0.39 is 11.6 Å². The van der Waals surface area contributed by atoms with E-state index in [0.29, 0.717) is 25.3 Å². The molecule has 0 aliphatic carbocycles. The second-order valence-electron chi connectivity index (χ2n) is 8.74. The third-order valence-electron chi connectivity index (χ3n) is 5.74. The molecule has 0 spiro atoms. The summed E-state index contributed by atoms with van der Waals surface area (Å²) in [4.78, 5) is 33.2. The molecular weight excluding hydrogens is 395 g/mol. The van der Waals surface area contributed by atoms with Crippen LogP contribution >= 0.6 is 0 Å². The molecule has 2 N–H and O–H groups in total. The van der Waals surface area contributed by atoms with Crippen LogP contribution in [0.25, 0.3) is 0 Å². The van der Waals surface area contributed by atoms with E-state index in [1.165, 1.54) is 13.0 Å². The molecule has 174 valence electrons. The molecule has 3 rings (SSSR count). The van der Waals surface area contributed by atoms with Crippen molar-refractivity contribution < 1.29 is 14.0 Å². The number of nitrogens with two attached hydrogens (primary N) is 1. The quantitative estimate of drug-likeness (QED) is 0.711. The molecule has 1 unspecified atom stereocenters. The fraction of sp³-hybridized carbons (Fsp3) is 0.625. The lowest BCUT2D eigenvalue weighted by Crippen LogP contribution is -2.42. The summed E-state index contributed by atoms with van der Waals surface area (Å²) in [6, 6.07) is 1.30. The first kappa shape index (κ1) is 26.8. The van der Waals surface area contributed by atoms with Crippen LogP contribution in [0.15, 0.2) is 17.8 Å². The Kier molecular flexibility index (Phi) is 8.94. The highest BCUT2D eigenvalue weighted by molar-refractivity contribution is 6.26. The van der Waals surface area contributed by atoms with Crippen LogP contribution in [0.2, 0.25) is 0 Å². The number of hydrogen-bond acceptors (Lipinski definition) is 6. The summed E-state index contributed by atoms with van der Waals surface area (Å²) in [5.74, 6) is -0.837. The number of carbonyl (C=O) groups excluding carboxylic acids is 2. The van der Waals surface area contributed by atoms with E-state index in [1.807, 2.05) is 51.3 Å². The molecule has 3 heterocycles. The minimum atomic E-state index is -0.538. The van der Waals surface area contributed by atoms with Gasteiger partial charge in [-0.3, -0.25) is 9.59 Å². The van der Waals surface area contributed by atoms with Crippen LogP contribution in [0, 0.1) is 11.7 Å². The fourth-order valence-electron chi connectivity index (χ4n) is 3.79. The molecular formula is C24H39FN4O2. The Hall–Kier alpha value is -2.28. The first-order chi connectivity index (χ1) is 14.0. The second kappa shape index (κ2) is 10.4. The zero-order valence-electron chi connectivity index (χ0n) is 19.3. The molecule has 0 bridgehead atoms. The summed E-state index contributed by atoms with van der Waals surface area (Å²) in [6.07, 6.45) is 2.45. The van der Waals surface area contributed by atoms with Crippen LogP contribution in [-0.2, 0) is 11.3 Å². The SMILES string of the molecule is C.CC.CC(=O)C1=CN(C(C)C)Cc2nc(N3CCC(C(C)(C)N)C3)c(F)cc2C1=O. The maximum Gasteiger partial charge on any atom is 0.200 e. The van der Waals surface area contributed by atoms with Crippen LogP contribution in [-0.4, -0.2) is 46.1 Å². The van der Waals surface area contributed by atoms with Crippen molar-refractivity contribution in [2.75, 3.05) is 18.0 Å². The molecule has 1 aromatic rings. The Bertz CT molecular complexity index is 843. The van der Waals surface area contributed by atoms with Crippen molar-refractivity contribution in [2.45, 2.75) is 80.4 Å². The summed E-state index contributed by atoms with van der Waals surface area (Å²) >= 11 is 0. The lowest BCUT2D eigenvalue weighted by atomic mass is 9.88. The molecule has 31 heavy (non-hydrogen) atoms. The number of ketones is 2. The smallest absolute Gasteiger partial charge is 0.200 e. The fourth-order valence-corrected chi connectivity index (χ4v) is 3.79. The van der Waals surface area contributed by atoms with Crippen molar-refractivity contribution >= 4 is 17.4 Å². The molecule has 0 aromatic carbocycles. The minimum absolute atomic E-state index is 0. The molecule has 7 heteroatoms. The summed E-state index contributed by atoms with van der Waals surface area (Å²) in [7, 11) is 0. The number of rotatable bonds is 4. The van der Waals surface area contributed by atoms with Gasteiger partial charge in [0.1, 0.15) is 0 Å². The number of aromatic nitrogens is 1. The van der Waals surface area contributed by atoms with Crippen molar-refractivity contribution in [3.8, 4) is 0 Å². The Labute approximate surface area is 186 Å². The maximum absolute atomic E-state index is 14.9. The van der Waals surface area contributed by atoms with Crippen molar-refractivity contribution in [3.63, 3.8) is 0 Å². The highest BCUT2D eigenvalue weighted by atomic mass is 19.1. The van der Waals surface area contributed by atoms with Crippen LogP contribution in [0.1, 0.15) is 78.4 Å². The Morgan fingerprint density at radius 2 is 1.94 bits per heavy atom. The molecule has 0 amide bonds. The molecule has 1 aromatic heterocycles.